The minimum atomic E-state index is -0.380. The third kappa shape index (κ3) is 9.37. The molecule has 1 rings (SSSR count). The van der Waals surface area contributed by atoms with Crippen LogP contribution in [0.25, 0.3) is 0 Å². The Morgan fingerprint density at radius 2 is 1.76 bits per heavy atom. The predicted octanol–water partition coefficient (Wildman–Crippen LogP) is 3.99. The molecular weight excluding hydrogens is 435 g/mol. The summed E-state index contributed by atoms with van der Waals surface area (Å²) in [6.45, 7) is 3.13. The Bertz CT molecular complexity index is 538. The van der Waals surface area contributed by atoms with Crippen LogP contribution in [0.2, 0.25) is 0 Å². The van der Waals surface area contributed by atoms with Crippen LogP contribution in [0.15, 0.2) is 18.2 Å². The summed E-state index contributed by atoms with van der Waals surface area (Å²) in [6, 6.07) is 4.99. The van der Waals surface area contributed by atoms with Crippen molar-refractivity contribution >= 4 is 28.3 Å². The molecule has 0 aromatic heterocycles. The lowest BCUT2D eigenvalue weighted by molar-refractivity contribution is -0.890. The van der Waals surface area contributed by atoms with Crippen LogP contribution in [-0.2, 0) is 0 Å². The number of unbranched alkanes of at least 4 members (excludes halogenated alkanes) is 4. The molecule has 1 N–H and O–H groups in total. The molecule has 0 spiro atoms. The average molecular weight is 465 g/mol. The predicted molar refractivity (Wildman–Crippen MR) is 108 cm³/mol. The van der Waals surface area contributed by atoms with E-state index in [-0.39, 0.29) is 17.2 Å². The van der Waals surface area contributed by atoms with E-state index >= 15 is 0 Å². The molecule has 142 valence electrons. The van der Waals surface area contributed by atoms with Gasteiger partial charge in [-0.2, -0.15) is 0 Å². The Labute approximate surface area is 164 Å². The van der Waals surface area contributed by atoms with E-state index < -0.39 is 0 Å². The molecule has 1 aromatic carbocycles. The summed E-state index contributed by atoms with van der Waals surface area (Å²) in [5, 5.41) is 19.8. The van der Waals surface area contributed by atoms with Gasteiger partial charge in [0.2, 0.25) is 0 Å². The maximum atomic E-state index is 10.9. The highest BCUT2D eigenvalue weighted by molar-refractivity contribution is 14.1. The number of quaternary nitrogens is 1. The summed E-state index contributed by atoms with van der Waals surface area (Å²) in [5.74, 6) is 0.564. The second-order valence-electron chi connectivity index (χ2n) is 6.95. The van der Waals surface area contributed by atoms with E-state index in [9.17, 15) is 10.1 Å². The van der Waals surface area contributed by atoms with E-state index in [0.29, 0.717) is 15.9 Å². The summed E-state index contributed by atoms with van der Waals surface area (Å²) in [5.41, 5.74) is 0.0966. The molecule has 0 atom stereocenters. The fourth-order valence-electron chi connectivity index (χ4n) is 2.67. The van der Waals surface area contributed by atoms with Gasteiger partial charge in [0.1, 0.15) is 5.75 Å². The first-order valence-corrected chi connectivity index (χ1v) is 9.93. The first-order chi connectivity index (χ1) is 11.9. The van der Waals surface area contributed by atoms with Crippen molar-refractivity contribution in [3.8, 4) is 5.75 Å². The average Bonchev–Trinajstić information content (AvgIpc) is 2.55. The molecule has 0 aliphatic rings. The molecular formula is C18H30IN2O4+. The minimum absolute atomic E-state index is 0.0966. The van der Waals surface area contributed by atoms with Gasteiger partial charge in [0.15, 0.2) is 0 Å². The van der Waals surface area contributed by atoms with E-state index in [0.717, 1.165) is 49.7 Å². The highest BCUT2D eigenvalue weighted by Crippen LogP contribution is 2.26. The van der Waals surface area contributed by atoms with Crippen LogP contribution in [0.1, 0.15) is 38.5 Å². The summed E-state index contributed by atoms with van der Waals surface area (Å²) in [4.78, 5) is 10.5. The molecule has 0 fully saturated rings. The molecule has 25 heavy (non-hydrogen) atoms. The van der Waals surface area contributed by atoms with Gasteiger partial charge in [0, 0.05) is 6.61 Å². The molecule has 0 unspecified atom stereocenters. The topological polar surface area (TPSA) is 72.6 Å². The van der Waals surface area contributed by atoms with E-state index in [2.05, 4.69) is 14.1 Å². The van der Waals surface area contributed by atoms with Crippen molar-refractivity contribution in [2.24, 2.45) is 0 Å². The highest BCUT2D eigenvalue weighted by Gasteiger charge is 2.14. The Hall–Kier alpha value is -0.930. The van der Waals surface area contributed by atoms with Crippen LogP contribution in [0.3, 0.4) is 0 Å². The van der Waals surface area contributed by atoms with Gasteiger partial charge in [-0.25, -0.2) is 0 Å². The SMILES string of the molecule is C[N+](C)(CCCCO)CCCCCCOc1ccc(I)c([N+](=O)[O-])c1. The van der Waals surface area contributed by atoms with Gasteiger partial charge in [-0.1, -0.05) is 0 Å². The summed E-state index contributed by atoms with van der Waals surface area (Å²) in [7, 11) is 4.48. The van der Waals surface area contributed by atoms with Crippen LogP contribution in [0.4, 0.5) is 5.69 Å². The number of nitro benzene ring substituents is 1. The standard InChI is InChI=1S/C18H30IN2O4/c1-21(2,12-6-7-13-22)11-5-3-4-8-14-25-16-9-10-17(19)18(15-16)20(23)24/h9-10,15,22H,3-8,11-14H2,1-2H3/q+1. The number of nitrogens with zero attached hydrogens (tertiary/aromatic N) is 2. The fourth-order valence-corrected chi connectivity index (χ4v) is 3.20. The minimum Gasteiger partial charge on any atom is -0.493 e. The molecule has 7 heteroatoms. The first kappa shape index (κ1) is 22.1. The number of hydrogen-bond acceptors (Lipinski definition) is 4. The summed E-state index contributed by atoms with van der Waals surface area (Å²) >= 11 is 1.96. The first-order valence-electron chi connectivity index (χ1n) is 8.85. The second-order valence-corrected chi connectivity index (χ2v) is 8.11. The lowest BCUT2D eigenvalue weighted by Gasteiger charge is -2.29. The smallest absolute Gasteiger partial charge is 0.286 e. The molecule has 0 saturated heterocycles. The molecule has 0 amide bonds. The summed E-state index contributed by atoms with van der Waals surface area (Å²) < 4.78 is 7.25. The Morgan fingerprint density at radius 3 is 2.40 bits per heavy atom. The van der Waals surface area contributed by atoms with Crippen LogP contribution in [-0.4, -0.2) is 54.9 Å². The van der Waals surface area contributed by atoms with Crippen molar-refractivity contribution in [2.75, 3.05) is 40.4 Å². The number of benzene rings is 1. The Morgan fingerprint density at radius 1 is 1.12 bits per heavy atom. The van der Waals surface area contributed by atoms with Crippen molar-refractivity contribution in [1.29, 1.82) is 0 Å². The van der Waals surface area contributed by atoms with Crippen molar-refractivity contribution in [3.05, 3.63) is 31.9 Å². The molecule has 0 bridgehead atoms. The van der Waals surface area contributed by atoms with E-state index in [1.165, 1.54) is 12.5 Å². The third-order valence-corrected chi connectivity index (χ3v) is 5.12. The lowest BCUT2D eigenvalue weighted by atomic mass is 10.1. The van der Waals surface area contributed by atoms with Crippen LogP contribution >= 0.6 is 22.6 Å². The molecule has 0 aliphatic heterocycles. The normalized spacial score (nSPS) is 11.5. The number of hydrogen-bond donors (Lipinski definition) is 1. The number of ether oxygens (including phenoxy) is 1. The largest absolute Gasteiger partial charge is 0.493 e. The van der Waals surface area contributed by atoms with Gasteiger partial charge in [-0.15, -0.1) is 0 Å². The molecule has 0 radical (unpaired) electrons. The van der Waals surface area contributed by atoms with E-state index in [4.69, 9.17) is 9.84 Å². The summed E-state index contributed by atoms with van der Waals surface area (Å²) in [6.07, 6.45) is 6.36. The second kappa shape index (κ2) is 11.6. The van der Waals surface area contributed by atoms with Crippen LogP contribution < -0.4 is 4.74 Å². The van der Waals surface area contributed by atoms with Gasteiger partial charge < -0.3 is 14.3 Å². The van der Waals surface area contributed by atoms with Crippen LogP contribution in [0.5, 0.6) is 5.75 Å². The van der Waals surface area contributed by atoms with E-state index in [1.54, 1.807) is 12.1 Å². The van der Waals surface area contributed by atoms with Gasteiger partial charge >= 0.3 is 0 Å². The maximum absolute atomic E-state index is 10.9. The van der Waals surface area contributed by atoms with E-state index in [1.807, 2.05) is 22.6 Å². The third-order valence-electron chi connectivity index (χ3n) is 4.21. The molecule has 1 aromatic rings. The van der Waals surface area contributed by atoms with Gasteiger partial charge in [0.05, 0.1) is 48.4 Å². The zero-order chi connectivity index (χ0) is 18.7. The van der Waals surface area contributed by atoms with Crippen molar-refractivity contribution < 1.29 is 19.2 Å². The number of rotatable bonds is 13. The molecule has 0 saturated carbocycles. The van der Waals surface area contributed by atoms with Crippen molar-refractivity contribution in [3.63, 3.8) is 0 Å². The Balaban J connectivity index is 2.16. The molecule has 0 heterocycles. The number of aliphatic hydroxyl groups is 1. The van der Waals surface area contributed by atoms with Crippen molar-refractivity contribution in [1.82, 2.24) is 0 Å². The van der Waals surface area contributed by atoms with Gasteiger partial charge in [0.25, 0.3) is 5.69 Å². The van der Waals surface area contributed by atoms with Crippen molar-refractivity contribution in [2.45, 2.75) is 38.5 Å². The quantitative estimate of drug-likeness (QED) is 0.157. The number of nitro groups is 1. The fraction of sp³-hybridized carbons (Fsp3) is 0.667. The zero-order valence-corrected chi connectivity index (χ0v) is 17.4. The lowest BCUT2D eigenvalue weighted by Crippen LogP contribution is -2.41. The number of halogens is 1. The zero-order valence-electron chi connectivity index (χ0n) is 15.2. The van der Waals surface area contributed by atoms with Gasteiger partial charge in [-0.05, 0) is 73.2 Å². The highest BCUT2D eigenvalue weighted by atomic mass is 127. The van der Waals surface area contributed by atoms with Gasteiger partial charge in [-0.3, -0.25) is 10.1 Å². The number of aliphatic hydroxyl groups excluding tert-OH is 1. The van der Waals surface area contributed by atoms with Crippen LogP contribution in [0, 0.1) is 13.7 Å². The molecule has 0 aliphatic carbocycles. The molecule has 6 nitrogen and oxygen atoms in total. The Kier molecular flexibility index (Phi) is 10.3. The monoisotopic (exact) mass is 465 g/mol. The maximum Gasteiger partial charge on any atom is 0.286 e.